The average molecular weight is 308 g/mol. The van der Waals surface area contributed by atoms with Gasteiger partial charge in [0.1, 0.15) is 6.61 Å². The predicted octanol–water partition coefficient (Wildman–Crippen LogP) is 4.64. The van der Waals surface area contributed by atoms with Gasteiger partial charge < -0.3 is 10.5 Å². The van der Waals surface area contributed by atoms with Crippen LogP contribution in [0.3, 0.4) is 0 Å². The Hall–Kier alpha value is -1.38. The van der Waals surface area contributed by atoms with Gasteiger partial charge in [0.2, 0.25) is 0 Å². The molecule has 0 aromatic heterocycles. The Morgan fingerprint density at radius 3 is 2.45 bits per heavy atom. The van der Waals surface area contributed by atoms with E-state index in [4.69, 9.17) is 33.7 Å². The minimum atomic E-state index is 0.441. The lowest BCUT2D eigenvalue weighted by molar-refractivity contribution is 0.306. The molecule has 1 aliphatic carbocycles. The van der Waals surface area contributed by atoms with E-state index in [9.17, 15) is 0 Å². The summed E-state index contributed by atoms with van der Waals surface area (Å²) in [4.78, 5) is 0. The van der Waals surface area contributed by atoms with Crippen molar-refractivity contribution in [3.8, 4) is 5.75 Å². The minimum absolute atomic E-state index is 0.441. The standard InChI is InChI=1S/C16H15Cl2NO/c17-14-7-13(19)8-15(18)16(14)20-9-10-4-5-11-2-1-3-12(11)6-10/h4-8H,1-3,9,19H2. The Morgan fingerprint density at radius 2 is 1.70 bits per heavy atom. The number of hydrogen-bond donors (Lipinski definition) is 1. The number of fused-ring (bicyclic) bond motifs is 1. The molecule has 0 unspecified atom stereocenters. The zero-order valence-electron chi connectivity index (χ0n) is 11.0. The summed E-state index contributed by atoms with van der Waals surface area (Å²) in [6.45, 7) is 0.455. The van der Waals surface area contributed by atoms with Crippen LogP contribution in [0.2, 0.25) is 10.0 Å². The molecule has 2 aromatic rings. The van der Waals surface area contributed by atoms with E-state index in [0.717, 1.165) is 12.0 Å². The van der Waals surface area contributed by atoms with Crippen LogP contribution >= 0.6 is 23.2 Å². The molecule has 0 fully saturated rings. The third kappa shape index (κ3) is 2.72. The highest BCUT2D eigenvalue weighted by molar-refractivity contribution is 6.37. The Kier molecular flexibility index (Phi) is 3.77. The number of benzene rings is 2. The van der Waals surface area contributed by atoms with Gasteiger partial charge in [-0.15, -0.1) is 0 Å². The van der Waals surface area contributed by atoms with Crippen molar-refractivity contribution in [3.63, 3.8) is 0 Å². The fourth-order valence-electron chi connectivity index (χ4n) is 2.59. The zero-order valence-corrected chi connectivity index (χ0v) is 12.5. The molecule has 0 saturated carbocycles. The van der Waals surface area contributed by atoms with Crippen LogP contribution < -0.4 is 10.5 Å². The molecule has 1 aliphatic rings. The number of hydrogen-bond acceptors (Lipinski definition) is 2. The van der Waals surface area contributed by atoms with Gasteiger partial charge in [-0.3, -0.25) is 0 Å². The first-order valence-corrected chi connectivity index (χ1v) is 7.37. The molecular weight excluding hydrogens is 293 g/mol. The van der Waals surface area contributed by atoms with Crippen molar-refractivity contribution in [1.82, 2.24) is 0 Å². The van der Waals surface area contributed by atoms with Gasteiger partial charge in [0.15, 0.2) is 5.75 Å². The van der Waals surface area contributed by atoms with Crippen molar-refractivity contribution < 1.29 is 4.74 Å². The fourth-order valence-corrected chi connectivity index (χ4v) is 3.20. The number of halogens is 2. The van der Waals surface area contributed by atoms with Crippen LogP contribution in [-0.2, 0) is 19.4 Å². The molecule has 2 nitrogen and oxygen atoms in total. The van der Waals surface area contributed by atoms with Crippen LogP contribution in [0.15, 0.2) is 30.3 Å². The Labute approximate surface area is 128 Å². The van der Waals surface area contributed by atoms with E-state index in [1.165, 1.54) is 24.0 Å². The quantitative estimate of drug-likeness (QED) is 0.838. The van der Waals surface area contributed by atoms with E-state index < -0.39 is 0 Å². The van der Waals surface area contributed by atoms with Gasteiger partial charge >= 0.3 is 0 Å². The summed E-state index contributed by atoms with van der Waals surface area (Å²) in [5, 5.41) is 0.882. The second-order valence-corrected chi connectivity index (χ2v) is 5.87. The summed E-state index contributed by atoms with van der Waals surface area (Å²) in [5.74, 6) is 0.489. The van der Waals surface area contributed by atoms with Gasteiger partial charge in [-0.2, -0.15) is 0 Å². The fraction of sp³-hybridized carbons (Fsp3) is 0.250. The molecule has 0 bridgehead atoms. The lowest BCUT2D eigenvalue weighted by Gasteiger charge is -2.11. The van der Waals surface area contributed by atoms with Gasteiger partial charge in [0.25, 0.3) is 0 Å². The van der Waals surface area contributed by atoms with E-state index in [-0.39, 0.29) is 0 Å². The second kappa shape index (κ2) is 5.55. The Balaban J connectivity index is 1.77. The molecule has 0 amide bonds. The highest BCUT2D eigenvalue weighted by atomic mass is 35.5. The molecule has 4 heteroatoms. The summed E-state index contributed by atoms with van der Waals surface area (Å²) in [6.07, 6.45) is 3.59. The highest BCUT2D eigenvalue weighted by Crippen LogP contribution is 2.35. The molecule has 2 aromatic carbocycles. The highest BCUT2D eigenvalue weighted by Gasteiger charge is 2.12. The molecule has 0 saturated heterocycles. The Bertz CT molecular complexity index is 632. The van der Waals surface area contributed by atoms with E-state index in [2.05, 4.69) is 18.2 Å². The van der Waals surface area contributed by atoms with Crippen LogP contribution in [0.1, 0.15) is 23.1 Å². The third-order valence-electron chi connectivity index (χ3n) is 3.57. The van der Waals surface area contributed by atoms with Crippen LogP contribution in [-0.4, -0.2) is 0 Å². The SMILES string of the molecule is Nc1cc(Cl)c(OCc2ccc3c(c2)CCC3)c(Cl)c1. The van der Waals surface area contributed by atoms with Gasteiger partial charge in [-0.1, -0.05) is 41.4 Å². The van der Waals surface area contributed by atoms with Crippen LogP contribution in [0, 0.1) is 0 Å². The van der Waals surface area contributed by atoms with Crippen molar-refractivity contribution in [1.29, 1.82) is 0 Å². The second-order valence-electron chi connectivity index (χ2n) is 5.06. The van der Waals surface area contributed by atoms with Crippen LogP contribution in [0.4, 0.5) is 5.69 Å². The number of nitrogen functional groups attached to an aromatic ring is 1. The van der Waals surface area contributed by atoms with Gasteiger partial charge in [0, 0.05) is 5.69 Å². The zero-order chi connectivity index (χ0) is 14.1. The average Bonchev–Trinajstić information content (AvgIpc) is 2.84. The first-order valence-electron chi connectivity index (χ1n) is 6.61. The van der Waals surface area contributed by atoms with Crippen molar-refractivity contribution in [3.05, 3.63) is 57.1 Å². The lowest BCUT2D eigenvalue weighted by atomic mass is 10.1. The van der Waals surface area contributed by atoms with E-state index in [1.54, 1.807) is 12.1 Å². The van der Waals surface area contributed by atoms with Crippen LogP contribution in [0.5, 0.6) is 5.75 Å². The first kappa shape index (κ1) is 13.6. The predicted molar refractivity (Wildman–Crippen MR) is 83.7 cm³/mol. The molecular formula is C16H15Cl2NO. The molecule has 2 N–H and O–H groups in total. The van der Waals surface area contributed by atoms with Crippen LogP contribution in [0.25, 0.3) is 0 Å². The maximum absolute atomic E-state index is 6.11. The topological polar surface area (TPSA) is 35.2 Å². The molecule has 0 spiro atoms. The Morgan fingerprint density at radius 1 is 1.00 bits per heavy atom. The molecule has 104 valence electrons. The minimum Gasteiger partial charge on any atom is -0.486 e. The number of ether oxygens (including phenoxy) is 1. The van der Waals surface area contributed by atoms with Crippen molar-refractivity contribution >= 4 is 28.9 Å². The summed E-state index contributed by atoms with van der Waals surface area (Å²) in [5.41, 5.74) is 10.2. The molecule has 0 heterocycles. The maximum atomic E-state index is 6.11. The van der Waals surface area contributed by atoms with E-state index in [0.29, 0.717) is 28.1 Å². The van der Waals surface area contributed by atoms with Gasteiger partial charge in [0.05, 0.1) is 10.0 Å². The molecule has 0 atom stereocenters. The van der Waals surface area contributed by atoms with Gasteiger partial charge in [-0.05, 0) is 48.1 Å². The van der Waals surface area contributed by atoms with Crippen molar-refractivity contribution in [2.75, 3.05) is 5.73 Å². The molecule has 20 heavy (non-hydrogen) atoms. The largest absolute Gasteiger partial charge is 0.486 e. The summed E-state index contributed by atoms with van der Waals surface area (Å²) in [7, 11) is 0. The van der Waals surface area contributed by atoms with E-state index in [1.807, 2.05) is 0 Å². The van der Waals surface area contributed by atoms with E-state index >= 15 is 0 Å². The maximum Gasteiger partial charge on any atom is 0.157 e. The van der Waals surface area contributed by atoms with Gasteiger partial charge in [-0.25, -0.2) is 0 Å². The summed E-state index contributed by atoms with van der Waals surface area (Å²) < 4.78 is 5.75. The first-order chi connectivity index (χ1) is 9.63. The monoisotopic (exact) mass is 307 g/mol. The number of aryl methyl sites for hydroxylation is 2. The number of nitrogens with two attached hydrogens (primary N) is 1. The normalized spacial score (nSPS) is 13.3. The summed E-state index contributed by atoms with van der Waals surface area (Å²) >= 11 is 12.2. The van der Waals surface area contributed by atoms with Crippen molar-refractivity contribution in [2.45, 2.75) is 25.9 Å². The number of anilines is 1. The molecule has 0 radical (unpaired) electrons. The smallest absolute Gasteiger partial charge is 0.157 e. The molecule has 3 rings (SSSR count). The third-order valence-corrected chi connectivity index (χ3v) is 4.13. The lowest BCUT2D eigenvalue weighted by Crippen LogP contribution is -1.98. The number of rotatable bonds is 3. The van der Waals surface area contributed by atoms with Crippen molar-refractivity contribution in [2.24, 2.45) is 0 Å². The molecule has 0 aliphatic heterocycles. The summed E-state index contributed by atoms with van der Waals surface area (Å²) in [6, 6.07) is 9.79.